The molecule has 1 rings (SSSR count). The van der Waals surface area contributed by atoms with Gasteiger partial charge in [0, 0.05) is 18.8 Å². The molecule has 0 unspecified atom stereocenters. The van der Waals surface area contributed by atoms with Crippen LogP contribution in [-0.4, -0.2) is 55.2 Å². The van der Waals surface area contributed by atoms with E-state index in [2.05, 4.69) is 18.8 Å². The molecule has 14 heavy (non-hydrogen) atoms. The third-order valence-corrected chi connectivity index (χ3v) is 3.39. The Hall–Kier alpha value is -0.640. The van der Waals surface area contributed by atoms with Gasteiger partial charge in [0.05, 0.1) is 0 Å². The summed E-state index contributed by atoms with van der Waals surface area (Å²) in [7, 11) is -0.555. The van der Waals surface area contributed by atoms with Gasteiger partial charge in [-0.1, -0.05) is 12.2 Å². The van der Waals surface area contributed by atoms with Crippen molar-refractivity contribution in [2.45, 2.75) is 0 Å². The van der Waals surface area contributed by atoms with Crippen LogP contribution in [0.1, 0.15) is 0 Å². The Kier molecular flexibility index (Phi) is 3.86. The van der Waals surface area contributed by atoms with Crippen LogP contribution in [0.2, 0.25) is 0 Å². The van der Waals surface area contributed by atoms with E-state index in [1.54, 1.807) is 4.90 Å². The van der Waals surface area contributed by atoms with Crippen molar-refractivity contribution in [1.82, 2.24) is 4.90 Å². The molecule has 0 aromatic rings. The van der Waals surface area contributed by atoms with Gasteiger partial charge in [-0.2, -0.15) is 0 Å². The van der Waals surface area contributed by atoms with Gasteiger partial charge in [-0.3, -0.25) is 0 Å². The fourth-order valence-corrected chi connectivity index (χ4v) is 1.68. The smallest absolute Gasteiger partial charge is 0.410 e. The van der Waals surface area contributed by atoms with Crippen LogP contribution in [0, 0.1) is 0 Å². The fraction of sp³-hybridized carbons (Fsp3) is 0.700. The normalized spacial score (nSPS) is 17.2. The minimum absolute atomic E-state index is 0.182. The Morgan fingerprint density at radius 3 is 2.43 bits per heavy atom. The van der Waals surface area contributed by atoms with Crippen molar-refractivity contribution in [2.24, 2.45) is 0 Å². The molecule has 0 radical (unpaired) electrons. The monoisotopic (exact) mass is 217 g/mol. The molecule has 3 nitrogen and oxygen atoms in total. The third kappa shape index (κ3) is 4.05. The molecule has 1 aliphatic heterocycles. The summed E-state index contributed by atoms with van der Waals surface area (Å²) in [5, 5.41) is 0. The molecule has 1 aliphatic rings. The molecule has 1 heterocycles. The second kappa shape index (κ2) is 4.73. The zero-order valence-electron chi connectivity index (χ0n) is 9.16. The Balaban J connectivity index is 2.15. The molecule has 0 bridgehead atoms. The first-order valence-corrected chi connectivity index (χ1v) is 7.74. The topological polar surface area (TPSA) is 29.5 Å². The van der Waals surface area contributed by atoms with E-state index in [4.69, 9.17) is 4.74 Å². The summed E-state index contributed by atoms with van der Waals surface area (Å²) >= 11 is 0. The molecule has 4 heteroatoms. The highest BCUT2D eigenvalue weighted by Gasteiger charge is 2.15. The number of hydrogen-bond acceptors (Lipinski definition) is 2. The van der Waals surface area contributed by atoms with E-state index in [-0.39, 0.29) is 6.09 Å². The number of carbonyl (C=O) groups is 1. The van der Waals surface area contributed by atoms with Gasteiger partial charge in [0.2, 0.25) is 0 Å². The number of rotatable bonds is 3. The fourth-order valence-electron chi connectivity index (χ4n) is 1.10. The van der Waals surface area contributed by atoms with Gasteiger partial charge in [0.25, 0.3) is 0 Å². The second-order valence-electron chi connectivity index (χ2n) is 4.29. The average Bonchev–Trinajstić information content (AvgIpc) is 2.53. The largest absolute Gasteiger partial charge is 0.449 e. The van der Waals surface area contributed by atoms with Crippen molar-refractivity contribution in [3.05, 3.63) is 12.2 Å². The zero-order valence-corrected chi connectivity index (χ0v) is 9.97. The van der Waals surface area contributed by atoms with Crippen molar-refractivity contribution in [1.29, 1.82) is 0 Å². The lowest BCUT2D eigenvalue weighted by Crippen LogP contribution is -2.29. The third-order valence-electron chi connectivity index (χ3n) is 2.00. The molecular weight excluding hydrogens is 198 g/mol. The van der Waals surface area contributed by atoms with Crippen LogP contribution in [0.25, 0.3) is 0 Å². The molecule has 0 saturated carbocycles. The average molecular weight is 217 g/mol. The lowest BCUT2D eigenvalue weighted by Gasteiger charge is -2.25. The van der Waals surface area contributed by atoms with E-state index >= 15 is 0 Å². The lowest BCUT2D eigenvalue weighted by atomic mass is 10.6. The predicted octanol–water partition coefficient (Wildman–Crippen LogP) is 1.69. The summed E-state index contributed by atoms with van der Waals surface area (Å²) in [4.78, 5) is 13.1. The standard InChI is InChI=1S/C10H19NO2S/c1-14(2,3)9-8-13-10(12)11-6-4-5-7-11/h4-5H,6-9H2,1-3H3. The first kappa shape index (κ1) is 11.4. The Morgan fingerprint density at radius 2 is 1.93 bits per heavy atom. The summed E-state index contributed by atoms with van der Waals surface area (Å²) < 4.78 is 5.17. The SMILES string of the molecule is CS(C)(C)CCOC(=O)N1CC=CC1. The van der Waals surface area contributed by atoms with Crippen molar-refractivity contribution < 1.29 is 9.53 Å². The number of hydrogen-bond donors (Lipinski definition) is 0. The summed E-state index contributed by atoms with van der Waals surface area (Å²) in [6.45, 7) is 1.94. The summed E-state index contributed by atoms with van der Waals surface area (Å²) in [5.41, 5.74) is 0. The number of amides is 1. The minimum atomic E-state index is -0.555. The molecule has 82 valence electrons. The van der Waals surface area contributed by atoms with Crippen molar-refractivity contribution in [3.63, 3.8) is 0 Å². The maximum Gasteiger partial charge on any atom is 0.410 e. The number of nitrogens with zero attached hydrogens (tertiary/aromatic N) is 1. The Morgan fingerprint density at radius 1 is 1.36 bits per heavy atom. The maximum atomic E-state index is 11.4. The molecule has 0 spiro atoms. The molecule has 0 aromatic carbocycles. The molecule has 1 amide bonds. The molecule has 0 N–H and O–H groups in total. The quantitative estimate of drug-likeness (QED) is 0.673. The van der Waals surface area contributed by atoms with Gasteiger partial charge in [-0.15, -0.1) is 0 Å². The Labute approximate surface area is 87.4 Å². The van der Waals surface area contributed by atoms with Gasteiger partial charge in [-0.05, 0) is 18.8 Å². The first-order chi connectivity index (χ1) is 6.49. The molecular formula is C10H19NO2S. The summed E-state index contributed by atoms with van der Waals surface area (Å²) in [5.74, 6) is 0.986. The van der Waals surface area contributed by atoms with E-state index in [0.717, 1.165) is 5.75 Å². The molecule has 0 aromatic heterocycles. The summed E-state index contributed by atoms with van der Waals surface area (Å²) in [6, 6.07) is 0. The second-order valence-corrected chi connectivity index (χ2v) is 8.88. The van der Waals surface area contributed by atoms with Gasteiger partial charge in [0.15, 0.2) is 0 Å². The van der Waals surface area contributed by atoms with E-state index < -0.39 is 10.0 Å². The highest BCUT2D eigenvalue weighted by molar-refractivity contribution is 8.32. The van der Waals surface area contributed by atoms with Crippen LogP contribution in [-0.2, 0) is 4.74 Å². The van der Waals surface area contributed by atoms with Gasteiger partial charge < -0.3 is 9.64 Å². The first-order valence-electron chi connectivity index (χ1n) is 4.72. The van der Waals surface area contributed by atoms with Crippen LogP contribution < -0.4 is 0 Å². The lowest BCUT2D eigenvalue weighted by molar-refractivity contribution is 0.118. The van der Waals surface area contributed by atoms with E-state index in [0.29, 0.717) is 19.7 Å². The predicted molar refractivity (Wildman–Crippen MR) is 62.3 cm³/mol. The highest BCUT2D eigenvalue weighted by atomic mass is 32.3. The van der Waals surface area contributed by atoms with Crippen LogP contribution in [0.5, 0.6) is 0 Å². The van der Waals surface area contributed by atoms with E-state index in [1.807, 2.05) is 12.2 Å². The number of ether oxygens (including phenoxy) is 1. The van der Waals surface area contributed by atoms with Gasteiger partial charge in [-0.25, -0.2) is 14.8 Å². The van der Waals surface area contributed by atoms with E-state index in [1.165, 1.54) is 0 Å². The van der Waals surface area contributed by atoms with Crippen molar-refractivity contribution in [3.8, 4) is 0 Å². The highest BCUT2D eigenvalue weighted by Crippen LogP contribution is 2.33. The van der Waals surface area contributed by atoms with Crippen LogP contribution in [0.15, 0.2) is 12.2 Å². The van der Waals surface area contributed by atoms with Crippen LogP contribution in [0.4, 0.5) is 4.79 Å². The van der Waals surface area contributed by atoms with Gasteiger partial charge in [0.1, 0.15) is 6.61 Å². The summed E-state index contributed by atoms with van der Waals surface area (Å²) in [6.07, 6.45) is 10.4. The molecule has 0 atom stereocenters. The molecule has 0 saturated heterocycles. The number of carbonyl (C=O) groups excluding carboxylic acids is 1. The maximum absolute atomic E-state index is 11.4. The van der Waals surface area contributed by atoms with Crippen LogP contribution >= 0.6 is 10.0 Å². The van der Waals surface area contributed by atoms with E-state index in [9.17, 15) is 4.79 Å². The molecule has 0 aliphatic carbocycles. The van der Waals surface area contributed by atoms with Crippen LogP contribution in [0.3, 0.4) is 0 Å². The van der Waals surface area contributed by atoms with Crippen molar-refractivity contribution >= 4 is 16.1 Å². The zero-order chi connectivity index (χ0) is 10.6. The molecule has 0 fully saturated rings. The van der Waals surface area contributed by atoms with Crippen molar-refractivity contribution in [2.75, 3.05) is 44.2 Å². The minimum Gasteiger partial charge on any atom is -0.449 e. The Bertz CT molecular complexity index is 225. The van der Waals surface area contributed by atoms with Gasteiger partial charge >= 0.3 is 6.09 Å².